The summed E-state index contributed by atoms with van der Waals surface area (Å²) in [7, 11) is 0. The Kier molecular flexibility index (Phi) is 5.23. The second kappa shape index (κ2) is 7.75. The van der Waals surface area contributed by atoms with Gasteiger partial charge < -0.3 is 9.88 Å². The van der Waals surface area contributed by atoms with Crippen molar-refractivity contribution in [2.45, 2.75) is 12.8 Å². The van der Waals surface area contributed by atoms with Crippen molar-refractivity contribution in [1.29, 1.82) is 0 Å². The Labute approximate surface area is 144 Å². The fourth-order valence-electron chi connectivity index (χ4n) is 2.60. The van der Waals surface area contributed by atoms with Crippen molar-refractivity contribution in [3.63, 3.8) is 0 Å². The monoisotopic (exact) mass is 340 g/mol. The highest BCUT2D eigenvalue weighted by atomic mass is 19.1. The van der Waals surface area contributed by atoms with E-state index in [9.17, 15) is 13.6 Å². The topological polar surface area (TPSA) is 34.0 Å². The largest absolute Gasteiger partial charge is 0.355 e. The molecule has 5 heteroatoms. The maximum atomic E-state index is 13.5. The molecule has 1 heterocycles. The summed E-state index contributed by atoms with van der Waals surface area (Å²) in [5.41, 5.74) is 2.32. The van der Waals surface area contributed by atoms with Crippen LogP contribution in [-0.4, -0.2) is 17.0 Å². The standard InChI is InChI=1S/C20H18F2N2O/c21-17-6-5-16(19(22)14-17)9-10-23-20(25)13-15-3-7-18(8-4-15)24-11-1-2-12-24/h1-8,11-12,14H,9-10,13H2,(H,23,25). The second-order valence-electron chi connectivity index (χ2n) is 5.77. The maximum Gasteiger partial charge on any atom is 0.224 e. The average Bonchev–Trinajstić information content (AvgIpc) is 3.12. The molecule has 1 N–H and O–H groups in total. The molecule has 0 aliphatic heterocycles. The van der Waals surface area contributed by atoms with Crippen LogP contribution in [0.5, 0.6) is 0 Å². The number of hydrogen-bond acceptors (Lipinski definition) is 1. The van der Waals surface area contributed by atoms with Crippen LogP contribution >= 0.6 is 0 Å². The van der Waals surface area contributed by atoms with Crippen molar-refractivity contribution in [1.82, 2.24) is 9.88 Å². The quantitative estimate of drug-likeness (QED) is 0.730. The summed E-state index contributed by atoms with van der Waals surface area (Å²) >= 11 is 0. The summed E-state index contributed by atoms with van der Waals surface area (Å²) in [6, 6.07) is 15.1. The van der Waals surface area contributed by atoms with Crippen LogP contribution in [0, 0.1) is 11.6 Å². The van der Waals surface area contributed by atoms with Gasteiger partial charge in [-0.3, -0.25) is 4.79 Å². The first-order valence-electron chi connectivity index (χ1n) is 8.05. The molecular formula is C20H18F2N2O. The first-order chi connectivity index (χ1) is 12.1. The molecule has 0 radical (unpaired) electrons. The lowest BCUT2D eigenvalue weighted by Crippen LogP contribution is -2.27. The molecule has 128 valence electrons. The predicted molar refractivity (Wildman–Crippen MR) is 92.5 cm³/mol. The van der Waals surface area contributed by atoms with Gasteiger partial charge in [0.25, 0.3) is 0 Å². The molecule has 3 nitrogen and oxygen atoms in total. The normalized spacial score (nSPS) is 10.6. The molecule has 3 rings (SSSR count). The van der Waals surface area contributed by atoms with E-state index < -0.39 is 11.6 Å². The zero-order chi connectivity index (χ0) is 17.6. The number of hydrogen-bond donors (Lipinski definition) is 1. The third kappa shape index (κ3) is 4.53. The smallest absolute Gasteiger partial charge is 0.224 e. The van der Waals surface area contributed by atoms with Gasteiger partial charge in [-0.2, -0.15) is 0 Å². The van der Waals surface area contributed by atoms with Crippen LogP contribution in [0.1, 0.15) is 11.1 Å². The lowest BCUT2D eigenvalue weighted by Gasteiger charge is -2.08. The van der Waals surface area contributed by atoms with Crippen LogP contribution in [0.25, 0.3) is 5.69 Å². The van der Waals surface area contributed by atoms with Gasteiger partial charge in [0.05, 0.1) is 6.42 Å². The SMILES string of the molecule is O=C(Cc1ccc(-n2cccc2)cc1)NCCc1ccc(F)cc1F. The Bertz CT molecular complexity index is 843. The van der Waals surface area contributed by atoms with Crippen molar-refractivity contribution >= 4 is 5.91 Å². The molecule has 0 aliphatic rings. The van der Waals surface area contributed by atoms with Crippen LogP contribution in [-0.2, 0) is 17.6 Å². The van der Waals surface area contributed by atoms with Gasteiger partial charge in [0.1, 0.15) is 11.6 Å². The zero-order valence-electron chi connectivity index (χ0n) is 13.6. The number of rotatable bonds is 6. The van der Waals surface area contributed by atoms with Crippen LogP contribution in [0.3, 0.4) is 0 Å². The van der Waals surface area contributed by atoms with Crippen molar-refractivity contribution in [2.75, 3.05) is 6.54 Å². The van der Waals surface area contributed by atoms with Gasteiger partial charge in [0.2, 0.25) is 5.91 Å². The molecule has 0 atom stereocenters. The Morgan fingerprint density at radius 1 is 1.00 bits per heavy atom. The van der Waals surface area contributed by atoms with Gasteiger partial charge in [0, 0.05) is 30.7 Å². The summed E-state index contributed by atoms with van der Waals surface area (Å²) in [6.07, 6.45) is 4.49. The Balaban J connectivity index is 1.49. The van der Waals surface area contributed by atoms with E-state index in [1.54, 1.807) is 0 Å². The summed E-state index contributed by atoms with van der Waals surface area (Å²) in [4.78, 5) is 12.0. The zero-order valence-corrected chi connectivity index (χ0v) is 13.6. The van der Waals surface area contributed by atoms with Crippen molar-refractivity contribution in [3.05, 3.63) is 89.8 Å². The molecule has 1 amide bonds. The van der Waals surface area contributed by atoms with Crippen LogP contribution in [0.2, 0.25) is 0 Å². The molecule has 0 unspecified atom stereocenters. The molecule has 0 fully saturated rings. The van der Waals surface area contributed by atoms with E-state index in [0.29, 0.717) is 18.5 Å². The van der Waals surface area contributed by atoms with E-state index >= 15 is 0 Å². The third-order valence-electron chi connectivity index (χ3n) is 3.94. The van der Waals surface area contributed by atoms with Crippen molar-refractivity contribution < 1.29 is 13.6 Å². The number of carbonyl (C=O) groups excluding carboxylic acids is 1. The second-order valence-corrected chi connectivity index (χ2v) is 5.77. The maximum absolute atomic E-state index is 13.5. The molecule has 0 spiro atoms. The van der Waals surface area contributed by atoms with Gasteiger partial charge >= 0.3 is 0 Å². The van der Waals surface area contributed by atoms with Gasteiger partial charge in [0.15, 0.2) is 0 Å². The molecule has 1 aromatic heterocycles. The number of nitrogens with zero attached hydrogens (tertiary/aromatic N) is 1. The first-order valence-corrected chi connectivity index (χ1v) is 8.05. The van der Waals surface area contributed by atoms with E-state index in [4.69, 9.17) is 0 Å². The molecule has 3 aromatic rings. The minimum atomic E-state index is -0.603. The van der Waals surface area contributed by atoms with E-state index in [0.717, 1.165) is 17.3 Å². The molecule has 2 aromatic carbocycles. The highest BCUT2D eigenvalue weighted by Crippen LogP contribution is 2.11. The summed E-state index contributed by atoms with van der Waals surface area (Å²) in [5, 5.41) is 2.76. The highest BCUT2D eigenvalue weighted by molar-refractivity contribution is 5.78. The lowest BCUT2D eigenvalue weighted by molar-refractivity contribution is -0.120. The Hall–Kier alpha value is -2.95. The van der Waals surface area contributed by atoms with Gasteiger partial charge in [-0.05, 0) is 47.9 Å². The highest BCUT2D eigenvalue weighted by Gasteiger charge is 2.06. The van der Waals surface area contributed by atoms with Gasteiger partial charge in [-0.25, -0.2) is 8.78 Å². The van der Waals surface area contributed by atoms with E-state index in [1.165, 1.54) is 12.1 Å². The molecular weight excluding hydrogens is 322 g/mol. The summed E-state index contributed by atoms with van der Waals surface area (Å²) in [6.45, 7) is 0.308. The van der Waals surface area contributed by atoms with Crippen molar-refractivity contribution in [2.24, 2.45) is 0 Å². The predicted octanol–water partition coefficient (Wildman–Crippen LogP) is 3.66. The van der Waals surface area contributed by atoms with Gasteiger partial charge in [-0.15, -0.1) is 0 Å². The van der Waals surface area contributed by atoms with Crippen LogP contribution < -0.4 is 5.32 Å². The van der Waals surface area contributed by atoms with Gasteiger partial charge in [-0.1, -0.05) is 18.2 Å². The number of carbonyl (C=O) groups is 1. The molecule has 0 aliphatic carbocycles. The number of benzene rings is 2. The van der Waals surface area contributed by atoms with Crippen molar-refractivity contribution in [3.8, 4) is 5.69 Å². The first kappa shape index (κ1) is 16.9. The number of amides is 1. The molecule has 0 bridgehead atoms. The van der Waals surface area contributed by atoms with E-state index in [2.05, 4.69) is 5.32 Å². The van der Waals surface area contributed by atoms with E-state index in [-0.39, 0.29) is 12.3 Å². The Morgan fingerprint density at radius 2 is 1.72 bits per heavy atom. The fourth-order valence-corrected chi connectivity index (χ4v) is 2.60. The molecule has 0 saturated carbocycles. The van der Waals surface area contributed by atoms with Crippen LogP contribution in [0.15, 0.2) is 67.0 Å². The molecule has 25 heavy (non-hydrogen) atoms. The number of nitrogens with one attached hydrogen (secondary N) is 1. The summed E-state index contributed by atoms with van der Waals surface area (Å²) in [5.74, 6) is -1.32. The lowest BCUT2D eigenvalue weighted by atomic mass is 10.1. The third-order valence-corrected chi connectivity index (χ3v) is 3.94. The average molecular weight is 340 g/mol. The number of halogens is 2. The Morgan fingerprint density at radius 3 is 2.40 bits per heavy atom. The van der Waals surface area contributed by atoms with Crippen LogP contribution in [0.4, 0.5) is 8.78 Å². The minimum Gasteiger partial charge on any atom is -0.355 e. The fraction of sp³-hybridized carbons (Fsp3) is 0.150. The minimum absolute atomic E-state index is 0.128. The van der Waals surface area contributed by atoms with E-state index in [1.807, 2.05) is 53.4 Å². The summed E-state index contributed by atoms with van der Waals surface area (Å²) < 4.78 is 28.4. The molecule has 0 saturated heterocycles. The number of aromatic nitrogens is 1.